The summed E-state index contributed by atoms with van der Waals surface area (Å²) in [6.45, 7) is 0. The van der Waals surface area contributed by atoms with Gasteiger partial charge in [-0.1, -0.05) is 6.42 Å². The molecular formula is C13H24N2OS. The van der Waals surface area contributed by atoms with Gasteiger partial charge in [-0.2, -0.15) is 11.8 Å². The summed E-state index contributed by atoms with van der Waals surface area (Å²) in [4.78, 5) is 12.1. The van der Waals surface area contributed by atoms with Crippen LogP contribution in [-0.4, -0.2) is 29.5 Å². The van der Waals surface area contributed by atoms with Gasteiger partial charge in [0.2, 0.25) is 5.91 Å². The first-order valence-electron chi connectivity index (χ1n) is 6.77. The summed E-state index contributed by atoms with van der Waals surface area (Å²) in [5, 5.41) is 3.97. The van der Waals surface area contributed by atoms with E-state index in [1.54, 1.807) is 0 Å². The van der Waals surface area contributed by atoms with Crippen LogP contribution in [0.4, 0.5) is 0 Å². The molecule has 1 amide bonds. The Morgan fingerprint density at radius 3 is 2.71 bits per heavy atom. The number of hydrogen-bond acceptors (Lipinski definition) is 3. The second-order valence-corrected chi connectivity index (χ2v) is 6.64. The topological polar surface area (TPSA) is 55.1 Å². The molecule has 4 heteroatoms. The minimum atomic E-state index is 0.180. The van der Waals surface area contributed by atoms with Crippen molar-refractivity contribution in [1.82, 2.24) is 5.32 Å². The fraction of sp³-hybridized carbons (Fsp3) is 0.923. The van der Waals surface area contributed by atoms with Crippen LogP contribution in [0.2, 0.25) is 0 Å². The van der Waals surface area contributed by atoms with Gasteiger partial charge in [0, 0.05) is 23.3 Å². The van der Waals surface area contributed by atoms with Crippen molar-refractivity contribution >= 4 is 17.7 Å². The number of thioether (sulfide) groups is 1. The molecule has 0 heterocycles. The van der Waals surface area contributed by atoms with Crippen LogP contribution in [0.5, 0.6) is 0 Å². The number of nitrogens with two attached hydrogens (primary N) is 1. The van der Waals surface area contributed by atoms with Crippen molar-refractivity contribution in [2.75, 3.05) is 6.26 Å². The van der Waals surface area contributed by atoms with Gasteiger partial charge in [-0.3, -0.25) is 4.79 Å². The summed E-state index contributed by atoms with van der Waals surface area (Å²) >= 11 is 1.94. The molecule has 0 aromatic rings. The minimum absolute atomic E-state index is 0.180. The van der Waals surface area contributed by atoms with E-state index < -0.39 is 0 Å². The number of carbonyl (C=O) groups excluding carboxylic acids is 1. The van der Waals surface area contributed by atoms with Crippen molar-refractivity contribution in [3.05, 3.63) is 0 Å². The van der Waals surface area contributed by atoms with E-state index in [4.69, 9.17) is 5.73 Å². The van der Waals surface area contributed by atoms with Crippen molar-refractivity contribution in [3.63, 3.8) is 0 Å². The third-order valence-corrected chi connectivity index (χ3v) is 5.24. The maximum atomic E-state index is 12.1. The Kier molecular flexibility index (Phi) is 4.74. The molecule has 0 saturated heterocycles. The first-order valence-corrected chi connectivity index (χ1v) is 8.06. The van der Waals surface area contributed by atoms with E-state index in [1.165, 1.54) is 12.8 Å². The summed E-state index contributed by atoms with van der Waals surface area (Å²) in [6.07, 6.45) is 9.90. The fourth-order valence-corrected chi connectivity index (χ4v) is 3.89. The average Bonchev–Trinajstić information content (AvgIpc) is 2.76. The quantitative estimate of drug-likeness (QED) is 0.811. The van der Waals surface area contributed by atoms with E-state index in [1.807, 2.05) is 11.8 Å². The van der Waals surface area contributed by atoms with Crippen molar-refractivity contribution in [2.45, 2.75) is 62.3 Å². The molecule has 2 aliphatic rings. The lowest BCUT2D eigenvalue weighted by molar-refractivity contribution is -0.125. The monoisotopic (exact) mass is 256 g/mol. The Morgan fingerprint density at radius 2 is 2.06 bits per heavy atom. The Bertz CT molecular complexity index is 272. The zero-order chi connectivity index (χ0) is 12.3. The van der Waals surface area contributed by atoms with Gasteiger partial charge in [-0.15, -0.1) is 0 Å². The summed E-state index contributed by atoms with van der Waals surface area (Å²) in [5.41, 5.74) is 5.86. The van der Waals surface area contributed by atoms with Gasteiger partial charge in [0.15, 0.2) is 0 Å². The van der Waals surface area contributed by atoms with E-state index in [9.17, 15) is 4.79 Å². The Balaban J connectivity index is 1.78. The van der Waals surface area contributed by atoms with Crippen LogP contribution >= 0.6 is 11.8 Å². The normalized spacial score (nSPS) is 38.0. The molecule has 0 radical (unpaired) electrons. The van der Waals surface area contributed by atoms with E-state index in [-0.39, 0.29) is 17.9 Å². The van der Waals surface area contributed by atoms with Crippen molar-refractivity contribution in [2.24, 2.45) is 11.7 Å². The van der Waals surface area contributed by atoms with Crippen LogP contribution < -0.4 is 11.1 Å². The molecule has 4 atom stereocenters. The second kappa shape index (κ2) is 6.10. The van der Waals surface area contributed by atoms with E-state index in [2.05, 4.69) is 11.6 Å². The van der Waals surface area contributed by atoms with Crippen LogP contribution in [0, 0.1) is 5.92 Å². The van der Waals surface area contributed by atoms with Gasteiger partial charge in [0.05, 0.1) is 0 Å². The number of hydrogen-bond donors (Lipinski definition) is 2. The van der Waals surface area contributed by atoms with Crippen molar-refractivity contribution < 1.29 is 4.79 Å². The Morgan fingerprint density at radius 1 is 1.24 bits per heavy atom. The smallest absolute Gasteiger partial charge is 0.223 e. The third kappa shape index (κ3) is 3.62. The number of carbonyl (C=O) groups is 1. The lowest BCUT2D eigenvalue weighted by Gasteiger charge is -2.29. The fourth-order valence-electron chi connectivity index (χ4n) is 3.06. The number of amides is 1. The zero-order valence-corrected chi connectivity index (χ0v) is 11.5. The van der Waals surface area contributed by atoms with Gasteiger partial charge >= 0.3 is 0 Å². The van der Waals surface area contributed by atoms with E-state index in [0.717, 1.165) is 37.4 Å². The van der Waals surface area contributed by atoms with Gasteiger partial charge in [-0.05, 0) is 44.8 Å². The summed E-state index contributed by atoms with van der Waals surface area (Å²) in [6, 6.07) is 0.654. The summed E-state index contributed by atoms with van der Waals surface area (Å²) in [7, 11) is 0. The number of nitrogens with one attached hydrogen (secondary N) is 1. The highest BCUT2D eigenvalue weighted by Crippen LogP contribution is 2.28. The molecule has 0 aromatic heterocycles. The molecule has 2 aliphatic carbocycles. The van der Waals surface area contributed by atoms with Crippen LogP contribution in [0.3, 0.4) is 0 Å². The zero-order valence-electron chi connectivity index (χ0n) is 10.7. The van der Waals surface area contributed by atoms with Crippen LogP contribution in [0.1, 0.15) is 44.9 Å². The highest BCUT2D eigenvalue weighted by atomic mass is 32.2. The molecule has 98 valence electrons. The van der Waals surface area contributed by atoms with Crippen molar-refractivity contribution in [3.8, 4) is 0 Å². The highest BCUT2D eigenvalue weighted by Gasteiger charge is 2.30. The molecule has 3 nitrogen and oxygen atoms in total. The Labute approximate surface area is 108 Å². The van der Waals surface area contributed by atoms with Crippen molar-refractivity contribution in [1.29, 1.82) is 0 Å². The molecule has 17 heavy (non-hydrogen) atoms. The molecule has 0 spiro atoms. The van der Waals surface area contributed by atoms with Gasteiger partial charge < -0.3 is 11.1 Å². The first-order chi connectivity index (χ1) is 8.19. The van der Waals surface area contributed by atoms with Gasteiger partial charge in [-0.25, -0.2) is 0 Å². The molecule has 2 rings (SSSR count). The number of rotatable bonds is 3. The predicted octanol–water partition coefficient (Wildman–Crippen LogP) is 1.90. The molecule has 0 bridgehead atoms. The third-order valence-electron chi connectivity index (χ3n) is 4.15. The molecule has 3 N–H and O–H groups in total. The van der Waals surface area contributed by atoms with Gasteiger partial charge in [0.1, 0.15) is 0 Å². The van der Waals surface area contributed by atoms with Crippen LogP contribution in [-0.2, 0) is 4.79 Å². The largest absolute Gasteiger partial charge is 0.353 e. The molecule has 2 saturated carbocycles. The molecule has 0 aliphatic heterocycles. The standard InChI is InChI=1S/C13H24N2OS/c1-17-12-4-2-3-11(8-12)15-13(16)9-5-6-10(14)7-9/h9-12H,2-8,14H2,1H3,(H,15,16). The second-order valence-electron chi connectivity index (χ2n) is 5.50. The molecule has 0 aromatic carbocycles. The van der Waals surface area contributed by atoms with E-state index >= 15 is 0 Å². The first kappa shape index (κ1) is 13.2. The average molecular weight is 256 g/mol. The molecule has 4 unspecified atom stereocenters. The maximum absolute atomic E-state index is 12.1. The lowest BCUT2D eigenvalue weighted by atomic mass is 9.94. The lowest BCUT2D eigenvalue weighted by Crippen LogP contribution is -2.41. The molecular weight excluding hydrogens is 232 g/mol. The van der Waals surface area contributed by atoms with Crippen LogP contribution in [0.25, 0.3) is 0 Å². The predicted molar refractivity (Wildman–Crippen MR) is 73.0 cm³/mol. The maximum Gasteiger partial charge on any atom is 0.223 e. The SMILES string of the molecule is CSC1CCCC(NC(=O)C2CCC(N)C2)C1. The van der Waals surface area contributed by atoms with Gasteiger partial charge in [0.25, 0.3) is 0 Å². The highest BCUT2D eigenvalue weighted by molar-refractivity contribution is 7.99. The minimum Gasteiger partial charge on any atom is -0.353 e. The Hall–Kier alpha value is -0.220. The summed E-state index contributed by atoms with van der Waals surface area (Å²) in [5.74, 6) is 0.435. The molecule has 2 fully saturated rings. The van der Waals surface area contributed by atoms with E-state index in [0.29, 0.717) is 6.04 Å². The van der Waals surface area contributed by atoms with Crippen LogP contribution in [0.15, 0.2) is 0 Å². The summed E-state index contributed by atoms with van der Waals surface area (Å²) < 4.78 is 0.